The number of alkyl halides is 1. The molecule has 0 aliphatic carbocycles. The van der Waals surface area contributed by atoms with Crippen molar-refractivity contribution >= 4 is 127 Å². The van der Waals surface area contributed by atoms with Gasteiger partial charge in [0.05, 0.1) is 25.7 Å². The van der Waals surface area contributed by atoms with E-state index < -0.39 is 46.8 Å². The number of pyridine rings is 4. The van der Waals surface area contributed by atoms with Crippen LogP contribution in [0, 0.1) is 0 Å². The summed E-state index contributed by atoms with van der Waals surface area (Å²) in [4.78, 5) is 102. The summed E-state index contributed by atoms with van der Waals surface area (Å²) in [5.74, 6) is 0.488. The number of rotatable bonds is 13. The van der Waals surface area contributed by atoms with Gasteiger partial charge in [-0.2, -0.15) is 9.80 Å². The Morgan fingerprint density at radius 2 is 0.923 bits per heavy atom. The van der Waals surface area contributed by atoms with Gasteiger partial charge in [-0.15, -0.1) is 34.3 Å². The van der Waals surface area contributed by atoms with E-state index >= 15 is 0 Å². The number of imide groups is 2. The number of hydrogen-bond acceptors (Lipinski definition) is 18. The van der Waals surface area contributed by atoms with Gasteiger partial charge in [0.25, 0.3) is 0 Å². The maximum atomic E-state index is 13.2. The predicted octanol–water partition coefficient (Wildman–Crippen LogP) is 17.2. The van der Waals surface area contributed by atoms with E-state index in [1.54, 1.807) is 119 Å². The van der Waals surface area contributed by atoms with Crippen molar-refractivity contribution in [1.29, 1.82) is 0 Å². The monoisotopic (exact) mass is 1330 g/mol. The third-order valence-electron chi connectivity index (χ3n) is 13.6. The lowest BCUT2D eigenvalue weighted by atomic mass is 10.0. The van der Waals surface area contributed by atoms with E-state index in [0.29, 0.717) is 62.8 Å². The first kappa shape index (κ1) is 69.5. The molecule has 0 saturated carbocycles. The molecule has 0 radical (unpaired) electrons. The first-order valence-electron chi connectivity index (χ1n) is 29.5. The van der Waals surface area contributed by atoms with E-state index in [1.807, 2.05) is 55.1 Å². The molecular weight excluding hydrogens is 1260 g/mol. The first-order valence-corrected chi connectivity index (χ1v) is 32.5. The molecular formula is C68H75Cl3N8O10S2. The zero-order valence-electron chi connectivity index (χ0n) is 53.1. The summed E-state index contributed by atoms with van der Waals surface area (Å²) in [5.41, 5.74) is 3.73. The molecule has 2 aliphatic rings. The molecule has 91 heavy (non-hydrogen) atoms. The lowest BCUT2D eigenvalue weighted by Gasteiger charge is -2.28. The fraction of sp³-hybridized carbons (Fsp3) is 0.382. The minimum absolute atomic E-state index is 0.0141. The number of ketones is 2. The van der Waals surface area contributed by atoms with Crippen molar-refractivity contribution < 1.29 is 47.7 Å². The molecule has 4 amide bonds. The van der Waals surface area contributed by atoms with E-state index in [1.165, 1.54) is 57.3 Å². The maximum absolute atomic E-state index is 13.2. The Balaban J connectivity index is 0.000000208. The Morgan fingerprint density at radius 1 is 0.516 bits per heavy atom. The molecule has 0 unspecified atom stereocenters. The number of nitrogens with one attached hydrogen (secondary N) is 1. The number of aromatic nitrogens is 4. The number of Topliss-reactive ketones (excluding diaryl/α,β-unsaturated/α-hetero) is 2. The highest BCUT2D eigenvalue weighted by Gasteiger charge is 2.37. The van der Waals surface area contributed by atoms with Crippen LogP contribution in [0.1, 0.15) is 158 Å². The second kappa shape index (κ2) is 29.5. The fourth-order valence-electron chi connectivity index (χ4n) is 9.59. The molecule has 6 aromatic heterocycles. The third-order valence-corrected chi connectivity index (χ3v) is 17.3. The number of anilines is 2. The number of hydrogen-bond donors (Lipinski definition) is 1. The third kappa shape index (κ3) is 19.3. The molecule has 0 bridgehead atoms. The molecule has 18 nitrogen and oxygen atoms in total. The molecule has 0 saturated heterocycles. The Bertz CT molecular complexity index is 3890. The Labute approximate surface area is 553 Å². The summed E-state index contributed by atoms with van der Waals surface area (Å²) in [7, 11) is 0. The van der Waals surface area contributed by atoms with Gasteiger partial charge in [0.15, 0.2) is 23.2 Å². The second-order valence-corrected chi connectivity index (χ2v) is 29.1. The van der Waals surface area contributed by atoms with Gasteiger partial charge in [0.2, 0.25) is 0 Å². The molecule has 10 rings (SSSR count). The number of thiophene rings is 2. The summed E-state index contributed by atoms with van der Waals surface area (Å²) >= 11 is 21.3. The Morgan fingerprint density at radius 3 is 1.34 bits per heavy atom. The van der Waals surface area contributed by atoms with Gasteiger partial charge < -0.3 is 24.3 Å². The molecule has 0 atom stereocenters. The van der Waals surface area contributed by atoms with Gasteiger partial charge in [-0.3, -0.25) is 24.5 Å². The Kier molecular flexibility index (Phi) is 22.5. The van der Waals surface area contributed by atoms with Crippen molar-refractivity contribution in [3.8, 4) is 0 Å². The van der Waals surface area contributed by atoms with Crippen LogP contribution in [0.5, 0.6) is 0 Å². The molecule has 2 aromatic carbocycles. The summed E-state index contributed by atoms with van der Waals surface area (Å²) in [6.07, 6.45) is 8.59. The predicted molar refractivity (Wildman–Crippen MR) is 359 cm³/mol. The number of nitrogens with zero attached hydrogens (tertiary/aromatic N) is 7. The van der Waals surface area contributed by atoms with Crippen LogP contribution in [0.4, 0.5) is 30.8 Å². The van der Waals surface area contributed by atoms with E-state index in [0.717, 1.165) is 67.6 Å². The molecule has 8 heterocycles. The molecule has 23 heteroatoms. The van der Waals surface area contributed by atoms with Crippen LogP contribution in [0.25, 0.3) is 21.5 Å². The van der Waals surface area contributed by atoms with Gasteiger partial charge in [-0.1, -0.05) is 59.6 Å². The zero-order chi connectivity index (χ0) is 66.2. The minimum Gasteiger partial charge on any atom is -0.443 e. The lowest BCUT2D eigenvalue weighted by Crippen LogP contribution is -2.44. The van der Waals surface area contributed by atoms with Crippen molar-refractivity contribution in [2.45, 2.75) is 170 Å². The highest BCUT2D eigenvalue weighted by molar-refractivity contribution is 7.15. The van der Waals surface area contributed by atoms with Crippen LogP contribution in [0.3, 0.4) is 0 Å². The zero-order valence-corrected chi connectivity index (χ0v) is 57.0. The standard InChI is InChI=1S/C34H37ClN4O5S.C27H30Cl2N2O5S.C7H8N2/c1-33(2,3)43-31(41)39(32(42)44-34(4,5)6)30-25-9-7-21(15-22(25)12-14-37-30)8-10-27(40)28-16-26(35)29(45-28)20-38-18-23-11-13-36-17-24(23)19-38;1-26(2,3)35-24(33)31(25(34)36-27(4,5)6)23-18-9-7-16(13-17(18)11-12-30-23)8-10-20(32)21-14-19(29)22(15-28)37-21;1-2-8-4-7-5-9-3-6(1)7/h7,9,11-17H,8,10,18-20H2,1-6H3;7,9,11-14H,8,10,15H2,1-6H3;1-2,4,9H,3,5H2. The number of carbonyl (C=O) groups is 6. The van der Waals surface area contributed by atoms with Crippen LogP contribution in [0.15, 0.2) is 110 Å². The van der Waals surface area contributed by atoms with Crippen LogP contribution >= 0.6 is 57.5 Å². The highest BCUT2D eigenvalue weighted by atomic mass is 35.5. The summed E-state index contributed by atoms with van der Waals surface area (Å²) in [6.45, 7) is 24.9. The average Bonchev–Trinajstić information content (AvgIpc) is 1.89. The summed E-state index contributed by atoms with van der Waals surface area (Å²) < 4.78 is 22.0. The molecule has 8 aromatic rings. The smallest absolute Gasteiger partial charge is 0.425 e. The van der Waals surface area contributed by atoms with Crippen molar-refractivity contribution in [2.24, 2.45) is 0 Å². The topological polar surface area (TPSA) is 213 Å². The Hall–Kier alpha value is -7.43. The molecule has 0 fully saturated rings. The maximum Gasteiger partial charge on any atom is 0.425 e. The van der Waals surface area contributed by atoms with E-state index in [2.05, 4.69) is 36.2 Å². The number of benzene rings is 2. The van der Waals surface area contributed by atoms with Gasteiger partial charge >= 0.3 is 24.4 Å². The van der Waals surface area contributed by atoms with Crippen LogP contribution in [-0.4, -0.2) is 83.2 Å². The van der Waals surface area contributed by atoms with Crippen molar-refractivity contribution in [1.82, 2.24) is 30.2 Å². The van der Waals surface area contributed by atoms with Gasteiger partial charge in [-0.25, -0.2) is 29.1 Å². The van der Waals surface area contributed by atoms with E-state index in [9.17, 15) is 28.8 Å². The quantitative estimate of drug-likeness (QED) is 0.0646. The van der Waals surface area contributed by atoms with Crippen molar-refractivity contribution in [3.05, 3.63) is 173 Å². The number of aryl methyl sites for hydroxylation is 2. The van der Waals surface area contributed by atoms with Crippen molar-refractivity contribution in [2.75, 3.05) is 9.80 Å². The lowest BCUT2D eigenvalue weighted by molar-refractivity contribution is 0.0407. The van der Waals surface area contributed by atoms with E-state index in [4.69, 9.17) is 53.8 Å². The number of amides is 4. The summed E-state index contributed by atoms with van der Waals surface area (Å²) in [5, 5.41) is 7.00. The highest BCUT2D eigenvalue weighted by Crippen LogP contribution is 2.35. The first-order chi connectivity index (χ1) is 42.8. The van der Waals surface area contributed by atoms with Gasteiger partial charge in [0.1, 0.15) is 22.4 Å². The van der Waals surface area contributed by atoms with Crippen molar-refractivity contribution in [3.63, 3.8) is 0 Å². The normalized spacial score (nSPS) is 13.0. The molecule has 480 valence electrons. The SMILES string of the molecule is CC(C)(C)OC(=O)N(C(=O)OC(C)(C)C)c1nccc2cc(CCC(=O)c3cc(Cl)c(CCl)s3)ccc12.CC(C)(C)OC(=O)N(C(=O)OC(C)(C)C)c1nccc2cc(CCC(=O)c3cc(Cl)c(CN4Cc5ccncc5C4)s3)ccc12.c1cc2c(cn1)CNC2. The average molecular weight is 1330 g/mol. The van der Waals surface area contributed by atoms with Gasteiger partial charge in [0, 0.05) is 103 Å². The number of halogens is 3. The fourth-order valence-corrected chi connectivity index (χ4v) is 12.6. The van der Waals surface area contributed by atoms with E-state index in [-0.39, 0.29) is 29.1 Å². The number of carbonyl (C=O) groups excluding carboxylic acids is 6. The number of fused-ring (bicyclic) bond motifs is 4. The van der Waals surface area contributed by atoms with Crippen LogP contribution in [0.2, 0.25) is 10.0 Å². The summed E-state index contributed by atoms with van der Waals surface area (Å²) in [6, 6.07) is 22.2. The van der Waals surface area contributed by atoms with Crippen LogP contribution < -0.4 is 15.1 Å². The molecule has 1 N–H and O–H groups in total. The van der Waals surface area contributed by atoms with Gasteiger partial charge in [-0.05, 0) is 176 Å². The second-order valence-electron chi connectivity index (χ2n) is 25.8. The van der Waals surface area contributed by atoms with Crippen LogP contribution in [-0.2, 0) is 70.4 Å². The molecule has 2 aliphatic heterocycles. The largest absolute Gasteiger partial charge is 0.443 e. The minimum atomic E-state index is -0.887. The molecule has 0 spiro atoms. The number of ether oxygens (including phenoxy) is 4.